The van der Waals surface area contributed by atoms with Crippen LogP contribution in [0.2, 0.25) is 10.0 Å². The van der Waals surface area contributed by atoms with Crippen molar-refractivity contribution >= 4 is 39.9 Å². The van der Waals surface area contributed by atoms with Crippen LogP contribution < -0.4 is 0 Å². The Labute approximate surface area is 132 Å². The summed E-state index contributed by atoms with van der Waals surface area (Å²) < 4.78 is 1.96. The lowest BCUT2D eigenvalue weighted by molar-refractivity contribution is 0.104. The van der Waals surface area contributed by atoms with Crippen molar-refractivity contribution < 1.29 is 4.79 Å². The maximum Gasteiger partial charge on any atom is 0.195 e. The number of benzene rings is 2. The number of carbonyl (C=O) groups excluding carboxylic acids is 1. The number of hydrogen-bond acceptors (Lipinski definition) is 1. The highest BCUT2D eigenvalue weighted by Crippen LogP contribution is 2.26. The molecule has 0 saturated carbocycles. The molecule has 0 aliphatic carbocycles. The highest BCUT2D eigenvalue weighted by molar-refractivity contribution is 6.35. The van der Waals surface area contributed by atoms with Gasteiger partial charge in [-0.3, -0.25) is 4.79 Å². The van der Waals surface area contributed by atoms with E-state index in [1.807, 2.05) is 36.9 Å². The molecule has 0 aliphatic heterocycles. The lowest BCUT2D eigenvalue weighted by Gasteiger charge is -2.02. The van der Waals surface area contributed by atoms with E-state index in [1.165, 1.54) is 0 Å². The second kappa shape index (κ2) is 5.21. The molecule has 0 atom stereocenters. The number of ketones is 1. The van der Waals surface area contributed by atoms with Crippen molar-refractivity contribution in [3.63, 3.8) is 0 Å². The number of rotatable bonds is 2. The van der Waals surface area contributed by atoms with Gasteiger partial charge in [-0.2, -0.15) is 0 Å². The minimum atomic E-state index is -0.0751. The quantitative estimate of drug-likeness (QED) is 0.608. The summed E-state index contributed by atoms with van der Waals surface area (Å²) in [6.45, 7) is 2.03. The van der Waals surface area contributed by atoms with Gasteiger partial charge >= 0.3 is 0 Å². The van der Waals surface area contributed by atoms with Gasteiger partial charge in [-0.1, -0.05) is 35.3 Å². The Bertz CT molecular complexity index is 844. The Hall–Kier alpha value is -1.77. The standard InChI is InChI=1S/C17H13Cl2NO/c1-10-3-4-14-15(9-20(2)16(14)5-10)17(21)11-6-12(18)8-13(19)7-11/h3-9H,1-2H3. The molecular weight excluding hydrogens is 305 g/mol. The van der Waals surface area contributed by atoms with Gasteiger partial charge in [-0.05, 0) is 36.8 Å². The van der Waals surface area contributed by atoms with Crippen LogP contribution in [0.3, 0.4) is 0 Å². The zero-order valence-electron chi connectivity index (χ0n) is 11.7. The monoisotopic (exact) mass is 317 g/mol. The molecular formula is C17H13Cl2NO. The van der Waals surface area contributed by atoms with E-state index in [-0.39, 0.29) is 5.78 Å². The second-order valence-corrected chi connectivity index (χ2v) is 6.03. The molecule has 4 heteroatoms. The third kappa shape index (κ3) is 2.57. The molecule has 0 aliphatic rings. The van der Waals surface area contributed by atoms with E-state index >= 15 is 0 Å². The summed E-state index contributed by atoms with van der Waals surface area (Å²) in [6, 6.07) is 10.9. The Kier molecular flexibility index (Phi) is 3.52. The smallest absolute Gasteiger partial charge is 0.195 e. The van der Waals surface area contributed by atoms with E-state index in [0.29, 0.717) is 21.2 Å². The van der Waals surface area contributed by atoms with Gasteiger partial charge < -0.3 is 4.57 Å². The van der Waals surface area contributed by atoms with Crippen molar-refractivity contribution in [2.75, 3.05) is 0 Å². The fourth-order valence-electron chi connectivity index (χ4n) is 2.52. The number of hydrogen-bond donors (Lipinski definition) is 0. The molecule has 2 aromatic carbocycles. The fourth-order valence-corrected chi connectivity index (χ4v) is 3.04. The molecule has 3 aromatic rings. The highest BCUT2D eigenvalue weighted by Gasteiger charge is 2.16. The van der Waals surface area contributed by atoms with E-state index in [1.54, 1.807) is 18.2 Å². The van der Waals surface area contributed by atoms with Crippen molar-refractivity contribution in [1.29, 1.82) is 0 Å². The molecule has 0 saturated heterocycles. The largest absolute Gasteiger partial charge is 0.350 e. The average molecular weight is 318 g/mol. The van der Waals surface area contributed by atoms with E-state index in [9.17, 15) is 4.79 Å². The molecule has 21 heavy (non-hydrogen) atoms. The van der Waals surface area contributed by atoms with Gasteiger partial charge in [0.2, 0.25) is 0 Å². The topological polar surface area (TPSA) is 22.0 Å². The minimum absolute atomic E-state index is 0.0751. The summed E-state index contributed by atoms with van der Waals surface area (Å²) in [5, 5.41) is 1.85. The summed E-state index contributed by atoms with van der Waals surface area (Å²) in [6.07, 6.45) is 1.85. The normalized spacial score (nSPS) is 11.0. The fraction of sp³-hybridized carbons (Fsp3) is 0.118. The summed E-state index contributed by atoms with van der Waals surface area (Å²) >= 11 is 12.0. The van der Waals surface area contributed by atoms with Crippen LogP contribution in [0.4, 0.5) is 0 Å². The number of aromatic nitrogens is 1. The molecule has 1 aromatic heterocycles. The van der Waals surface area contributed by atoms with Gasteiger partial charge in [0.05, 0.1) is 0 Å². The molecule has 0 fully saturated rings. The molecule has 2 nitrogen and oxygen atoms in total. The van der Waals surface area contributed by atoms with Gasteiger partial charge in [0, 0.05) is 45.3 Å². The van der Waals surface area contributed by atoms with Crippen LogP contribution >= 0.6 is 23.2 Å². The van der Waals surface area contributed by atoms with Gasteiger partial charge in [-0.25, -0.2) is 0 Å². The SMILES string of the molecule is Cc1ccc2c(C(=O)c3cc(Cl)cc(Cl)c3)cn(C)c2c1. The third-order valence-corrected chi connectivity index (χ3v) is 3.95. The predicted molar refractivity (Wildman–Crippen MR) is 87.6 cm³/mol. The first-order chi connectivity index (χ1) is 9.95. The summed E-state index contributed by atoms with van der Waals surface area (Å²) in [5.74, 6) is -0.0751. The van der Waals surface area contributed by atoms with Crippen LogP contribution in [0.15, 0.2) is 42.6 Å². The Morgan fingerprint density at radius 2 is 1.71 bits per heavy atom. The van der Waals surface area contributed by atoms with Crippen molar-refractivity contribution in [1.82, 2.24) is 4.57 Å². The molecule has 0 amide bonds. The summed E-state index contributed by atoms with van der Waals surface area (Å²) in [4.78, 5) is 12.7. The van der Waals surface area contributed by atoms with Crippen molar-refractivity contribution in [2.24, 2.45) is 7.05 Å². The first-order valence-corrected chi connectivity index (χ1v) is 7.28. The van der Waals surface area contributed by atoms with Crippen LogP contribution in [0.5, 0.6) is 0 Å². The Morgan fingerprint density at radius 3 is 2.38 bits per heavy atom. The van der Waals surface area contributed by atoms with Crippen molar-refractivity contribution in [2.45, 2.75) is 6.92 Å². The lowest BCUT2D eigenvalue weighted by atomic mass is 10.0. The van der Waals surface area contributed by atoms with Crippen molar-refractivity contribution in [3.8, 4) is 0 Å². The average Bonchev–Trinajstić information content (AvgIpc) is 2.74. The maximum absolute atomic E-state index is 12.7. The first kappa shape index (κ1) is 14.2. The van der Waals surface area contributed by atoms with Gasteiger partial charge in [-0.15, -0.1) is 0 Å². The number of fused-ring (bicyclic) bond motifs is 1. The second-order valence-electron chi connectivity index (χ2n) is 5.16. The van der Waals surface area contributed by atoms with E-state index < -0.39 is 0 Å². The summed E-state index contributed by atoms with van der Waals surface area (Å²) in [5.41, 5.74) is 3.35. The summed E-state index contributed by atoms with van der Waals surface area (Å²) in [7, 11) is 1.93. The molecule has 3 rings (SSSR count). The zero-order chi connectivity index (χ0) is 15.1. The molecule has 1 heterocycles. The number of aryl methyl sites for hydroxylation is 2. The Balaban J connectivity index is 2.18. The number of halogens is 2. The van der Waals surface area contributed by atoms with Crippen LogP contribution in [0.25, 0.3) is 10.9 Å². The van der Waals surface area contributed by atoms with E-state index in [2.05, 4.69) is 6.07 Å². The van der Waals surface area contributed by atoms with E-state index in [0.717, 1.165) is 16.5 Å². The maximum atomic E-state index is 12.7. The van der Waals surface area contributed by atoms with Crippen molar-refractivity contribution in [3.05, 3.63) is 69.3 Å². The molecule has 106 valence electrons. The van der Waals surface area contributed by atoms with Crippen LogP contribution in [-0.4, -0.2) is 10.4 Å². The molecule has 0 unspecified atom stereocenters. The highest BCUT2D eigenvalue weighted by atomic mass is 35.5. The first-order valence-electron chi connectivity index (χ1n) is 6.52. The Morgan fingerprint density at radius 1 is 1.05 bits per heavy atom. The molecule has 0 N–H and O–H groups in total. The molecule has 0 radical (unpaired) electrons. The van der Waals surface area contributed by atoms with Gasteiger partial charge in [0.25, 0.3) is 0 Å². The molecule has 0 spiro atoms. The molecule has 0 bridgehead atoms. The van der Waals surface area contributed by atoms with Gasteiger partial charge in [0.15, 0.2) is 5.78 Å². The van der Waals surface area contributed by atoms with E-state index in [4.69, 9.17) is 23.2 Å². The zero-order valence-corrected chi connectivity index (χ0v) is 13.2. The number of nitrogens with zero attached hydrogens (tertiary/aromatic N) is 1. The van der Waals surface area contributed by atoms with Gasteiger partial charge in [0.1, 0.15) is 0 Å². The lowest BCUT2D eigenvalue weighted by Crippen LogP contribution is -2.00. The third-order valence-electron chi connectivity index (χ3n) is 3.52. The predicted octanol–water partition coefficient (Wildman–Crippen LogP) is 5.02. The van der Waals surface area contributed by atoms with Crippen LogP contribution in [0.1, 0.15) is 21.5 Å². The van der Waals surface area contributed by atoms with Crippen LogP contribution in [0, 0.1) is 6.92 Å². The van der Waals surface area contributed by atoms with Crippen LogP contribution in [-0.2, 0) is 7.05 Å². The minimum Gasteiger partial charge on any atom is -0.350 e. The number of carbonyl (C=O) groups is 1.